The maximum absolute atomic E-state index is 5.71. The van der Waals surface area contributed by atoms with Gasteiger partial charge in [0.2, 0.25) is 0 Å². The number of hydrogen-bond acceptors (Lipinski definition) is 5. The van der Waals surface area contributed by atoms with Gasteiger partial charge in [-0.15, -0.1) is 0 Å². The molecule has 0 radical (unpaired) electrons. The third-order valence-electron chi connectivity index (χ3n) is 5.12. The molecule has 0 saturated carbocycles. The van der Waals surface area contributed by atoms with Crippen LogP contribution in [0.2, 0.25) is 0 Å². The highest BCUT2D eigenvalue weighted by atomic mass is 16.5. The number of nitrogens with one attached hydrogen (secondary N) is 1. The number of aryl methyl sites for hydroxylation is 1. The molecule has 1 fully saturated rings. The summed E-state index contributed by atoms with van der Waals surface area (Å²) in [6, 6.07) is 6.16. The molecule has 1 aromatic rings. The smallest absolute Gasteiger partial charge is 0.193 e. The molecule has 0 aromatic heterocycles. The van der Waals surface area contributed by atoms with Crippen molar-refractivity contribution in [2.45, 2.75) is 33.1 Å². The summed E-state index contributed by atoms with van der Waals surface area (Å²) < 4.78 is 21.8. The van der Waals surface area contributed by atoms with E-state index < -0.39 is 0 Å². The molecule has 30 heavy (non-hydrogen) atoms. The summed E-state index contributed by atoms with van der Waals surface area (Å²) in [5.74, 6) is 3.16. The Morgan fingerprint density at radius 2 is 2.07 bits per heavy atom. The van der Waals surface area contributed by atoms with Gasteiger partial charge in [-0.05, 0) is 50.8 Å². The summed E-state index contributed by atoms with van der Waals surface area (Å²) >= 11 is 0. The molecule has 1 aliphatic rings. The zero-order valence-corrected chi connectivity index (χ0v) is 19.1. The molecular formula is C23H39N3O4. The van der Waals surface area contributed by atoms with E-state index in [0.29, 0.717) is 25.7 Å². The summed E-state index contributed by atoms with van der Waals surface area (Å²) in [5.41, 5.74) is 1.24. The second kappa shape index (κ2) is 14.1. The average Bonchev–Trinajstić information content (AvgIpc) is 3.23. The van der Waals surface area contributed by atoms with Crippen LogP contribution in [0.15, 0.2) is 23.2 Å². The highest BCUT2D eigenvalue weighted by molar-refractivity contribution is 5.80. The Labute approximate surface area is 181 Å². The summed E-state index contributed by atoms with van der Waals surface area (Å²) in [7, 11) is 3.37. The van der Waals surface area contributed by atoms with Gasteiger partial charge in [-0.1, -0.05) is 6.07 Å². The van der Waals surface area contributed by atoms with E-state index >= 15 is 0 Å². The van der Waals surface area contributed by atoms with Crippen LogP contribution in [0.4, 0.5) is 0 Å². The van der Waals surface area contributed by atoms with E-state index in [1.165, 1.54) is 5.56 Å². The fourth-order valence-corrected chi connectivity index (χ4v) is 3.59. The lowest BCUT2D eigenvalue weighted by Gasteiger charge is -2.21. The molecule has 1 N–H and O–H groups in total. The predicted octanol–water partition coefficient (Wildman–Crippen LogP) is 2.98. The molecule has 2 rings (SSSR count). The van der Waals surface area contributed by atoms with Gasteiger partial charge < -0.3 is 29.2 Å². The Morgan fingerprint density at radius 3 is 2.80 bits per heavy atom. The molecule has 0 amide bonds. The number of ether oxygens (including phenoxy) is 4. The Morgan fingerprint density at radius 1 is 1.20 bits per heavy atom. The Bertz CT molecular complexity index is 639. The van der Waals surface area contributed by atoms with Crippen molar-refractivity contribution in [1.29, 1.82) is 0 Å². The molecule has 7 heteroatoms. The quantitative estimate of drug-likeness (QED) is 0.300. The lowest BCUT2D eigenvalue weighted by atomic mass is 10.1. The summed E-state index contributed by atoms with van der Waals surface area (Å²) in [4.78, 5) is 7.22. The zero-order chi connectivity index (χ0) is 21.6. The van der Waals surface area contributed by atoms with Crippen LogP contribution in [0, 0.1) is 5.92 Å². The third-order valence-corrected chi connectivity index (χ3v) is 5.12. The number of benzene rings is 1. The zero-order valence-electron chi connectivity index (χ0n) is 19.1. The van der Waals surface area contributed by atoms with Gasteiger partial charge in [0.25, 0.3) is 0 Å². The van der Waals surface area contributed by atoms with Crippen LogP contribution in [0.1, 0.15) is 32.3 Å². The summed E-state index contributed by atoms with van der Waals surface area (Å²) in [6.45, 7) is 10.5. The first-order chi connectivity index (χ1) is 14.7. The van der Waals surface area contributed by atoms with E-state index in [1.54, 1.807) is 14.2 Å². The molecule has 0 aliphatic carbocycles. The van der Waals surface area contributed by atoms with Crippen molar-refractivity contribution in [2.75, 3.05) is 66.8 Å². The summed E-state index contributed by atoms with van der Waals surface area (Å²) in [5, 5.41) is 3.44. The van der Waals surface area contributed by atoms with Crippen molar-refractivity contribution in [3.8, 4) is 11.5 Å². The van der Waals surface area contributed by atoms with E-state index in [-0.39, 0.29) is 0 Å². The van der Waals surface area contributed by atoms with Gasteiger partial charge in [-0.2, -0.15) is 0 Å². The molecule has 1 heterocycles. The molecule has 170 valence electrons. The van der Waals surface area contributed by atoms with Crippen molar-refractivity contribution in [3.63, 3.8) is 0 Å². The van der Waals surface area contributed by atoms with Gasteiger partial charge in [-0.3, -0.25) is 4.99 Å². The van der Waals surface area contributed by atoms with E-state index in [0.717, 1.165) is 69.5 Å². The van der Waals surface area contributed by atoms with Crippen LogP contribution in [-0.2, 0) is 15.9 Å². The second-order valence-corrected chi connectivity index (χ2v) is 7.43. The minimum absolute atomic E-state index is 0.557. The van der Waals surface area contributed by atoms with Crippen LogP contribution >= 0.6 is 0 Å². The van der Waals surface area contributed by atoms with Crippen molar-refractivity contribution in [1.82, 2.24) is 10.2 Å². The third kappa shape index (κ3) is 8.03. The van der Waals surface area contributed by atoms with Crippen LogP contribution in [0.3, 0.4) is 0 Å². The topological polar surface area (TPSA) is 64.6 Å². The number of methoxy groups -OCH3 is 2. The Balaban J connectivity index is 1.82. The van der Waals surface area contributed by atoms with Gasteiger partial charge in [-0.25, -0.2) is 0 Å². The van der Waals surface area contributed by atoms with Crippen LogP contribution in [0.5, 0.6) is 11.5 Å². The lowest BCUT2D eigenvalue weighted by molar-refractivity contribution is 0.0536. The molecule has 1 atom stereocenters. The fraction of sp³-hybridized carbons (Fsp3) is 0.696. The predicted molar refractivity (Wildman–Crippen MR) is 121 cm³/mol. The van der Waals surface area contributed by atoms with Crippen molar-refractivity contribution in [2.24, 2.45) is 10.9 Å². The lowest BCUT2D eigenvalue weighted by Crippen LogP contribution is -2.40. The molecule has 0 bridgehead atoms. The van der Waals surface area contributed by atoms with Gasteiger partial charge in [0.05, 0.1) is 33.5 Å². The number of nitrogens with zero attached hydrogens (tertiary/aromatic N) is 2. The highest BCUT2D eigenvalue weighted by Gasteiger charge is 2.24. The van der Waals surface area contributed by atoms with Gasteiger partial charge in [0, 0.05) is 39.2 Å². The van der Waals surface area contributed by atoms with Crippen LogP contribution in [-0.4, -0.2) is 77.7 Å². The first-order valence-corrected chi connectivity index (χ1v) is 11.1. The SMILES string of the molecule is CCNC(=NCCCc1ccc(OC)c(OCC)c1)N1CCC(COCCOC)C1. The molecule has 1 unspecified atom stereocenters. The standard InChI is InChI=1S/C23H39N3O4/c1-5-24-23(26-13-11-20(17-26)18-29-15-14-27-3)25-12-7-8-19-9-10-21(28-4)22(16-19)30-6-2/h9-10,16,20H,5-8,11-15,17-18H2,1-4H3,(H,24,25). The second-order valence-electron chi connectivity index (χ2n) is 7.43. The molecule has 0 spiro atoms. The van der Waals surface area contributed by atoms with Crippen LogP contribution < -0.4 is 14.8 Å². The van der Waals surface area contributed by atoms with Gasteiger partial charge in [0.1, 0.15) is 0 Å². The van der Waals surface area contributed by atoms with Crippen molar-refractivity contribution in [3.05, 3.63) is 23.8 Å². The molecule has 1 saturated heterocycles. The number of likely N-dealkylation sites (tertiary alicyclic amines) is 1. The maximum atomic E-state index is 5.71. The minimum atomic E-state index is 0.557. The average molecular weight is 422 g/mol. The highest BCUT2D eigenvalue weighted by Crippen LogP contribution is 2.28. The van der Waals surface area contributed by atoms with Crippen molar-refractivity contribution >= 4 is 5.96 Å². The van der Waals surface area contributed by atoms with Crippen molar-refractivity contribution < 1.29 is 18.9 Å². The normalized spacial score (nSPS) is 16.7. The van der Waals surface area contributed by atoms with Gasteiger partial charge in [0.15, 0.2) is 17.5 Å². The molecule has 1 aliphatic heterocycles. The van der Waals surface area contributed by atoms with E-state index in [1.807, 2.05) is 13.0 Å². The number of hydrogen-bond donors (Lipinski definition) is 1. The van der Waals surface area contributed by atoms with E-state index in [9.17, 15) is 0 Å². The fourth-order valence-electron chi connectivity index (χ4n) is 3.59. The van der Waals surface area contributed by atoms with E-state index in [4.69, 9.17) is 23.9 Å². The largest absolute Gasteiger partial charge is 0.493 e. The number of aliphatic imine (C=N–C) groups is 1. The monoisotopic (exact) mass is 421 g/mol. The van der Waals surface area contributed by atoms with E-state index in [2.05, 4.69) is 29.3 Å². The Hall–Kier alpha value is -1.99. The van der Waals surface area contributed by atoms with Crippen LogP contribution in [0.25, 0.3) is 0 Å². The first-order valence-electron chi connectivity index (χ1n) is 11.1. The van der Waals surface area contributed by atoms with Gasteiger partial charge >= 0.3 is 0 Å². The Kier molecular flexibility index (Phi) is 11.4. The number of guanidine groups is 1. The molecule has 1 aromatic carbocycles. The summed E-state index contributed by atoms with van der Waals surface area (Å²) in [6.07, 6.45) is 3.09. The minimum Gasteiger partial charge on any atom is -0.493 e. The molecular weight excluding hydrogens is 382 g/mol. The number of rotatable bonds is 13. The first kappa shape index (κ1) is 24.3. The molecule has 7 nitrogen and oxygen atoms in total. The maximum Gasteiger partial charge on any atom is 0.193 e.